The van der Waals surface area contributed by atoms with Gasteiger partial charge in [0.25, 0.3) is 0 Å². The average molecular weight is 323 g/mol. The van der Waals surface area contributed by atoms with Crippen LogP contribution in [0.1, 0.15) is 39.2 Å². The fourth-order valence-corrected chi connectivity index (χ4v) is 3.31. The van der Waals surface area contributed by atoms with Crippen LogP contribution < -0.4 is 0 Å². The Morgan fingerprint density at radius 2 is 1.82 bits per heavy atom. The van der Waals surface area contributed by atoms with Gasteiger partial charge in [0.1, 0.15) is 6.29 Å². The Bertz CT molecular complexity index is 437. The third kappa shape index (κ3) is 6.42. The first kappa shape index (κ1) is 19.1. The summed E-state index contributed by atoms with van der Waals surface area (Å²) in [5.41, 5.74) is 1.17. The summed E-state index contributed by atoms with van der Waals surface area (Å²) in [5, 5.41) is 0.152. The van der Waals surface area contributed by atoms with Crippen molar-refractivity contribution in [3.63, 3.8) is 0 Å². The largest absolute Gasteiger partial charge is 0.413 e. The van der Waals surface area contributed by atoms with Crippen molar-refractivity contribution in [2.75, 3.05) is 6.61 Å². The van der Waals surface area contributed by atoms with Gasteiger partial charge in [-0.05, 0) is 30.1 Å². The molecule has 0 unspecified atom stereocenters. The summed E-state index contributed by atoms with van der Waals surface area (Å²) in [7, 11) is -1.84. The minimum atomic E-state index is -1.84. The van der Waals surface area contributed by atoms with Gasteiger partial charge in [0.15, 0.2) is 8.32 Å². The number of hydrogen-bond donors (Lipinski definition) is 0. The maximum atomic E-state index is 10.9. The van der Waals surface area contributed by atoms with Crippen molar-refractivity contribution in [1.29, 1.82) is 0 Å². The maximum Gasteiger partial charge on any atom is 0.192 e. The molecular weight excluding hydrogens is 292 g/mol. The lowest BCUT2D eigenvalue weighted by atomic mass is 10.2. The van der Waals surface area contributed by atoms with Gasteiger partial charge in [-0.3, -0.25) is 0 Å². The maximum absolute atomic E-state index is 10.9. The molecule has 0 aliphatic heterocycles. The molecule has 0 heterocycles. The zero-order valence-electron chi connectivity index (χ0n) is 14.6. The first-order valence-electron chi connectivity index (χ1n) is 7.99. The molecule has 0 saturated carbocycles. The van der Waals surface area contributed by atoms with E-state index >= 15 is 0 Å². The van der Waals surface area contributed by atoms with E-state index in [2.05, 4.69) is 46.0 Å². The van der Waals surface area contributed by atoms with Gasteiger partial charge in [-0.15, -0.1) is 0 Å². The Morgan fingerprint density at radius 1 is 1.18 bits per heavy atom. The Balaban J connectivity index is 2.42. The highest BCUT2D eigenvalue weighted by molar-refractivity contribution is 6.74. The van der Waals surface area contributed by atoms with Gasteiger partial charge in [-0.2, -0.15) is 0 Å². The normalized spacial score (nSPS) is 13.9. The van der Waals surface area contributed by atoms with E-state index in [1.165, 1.54) is 5.56 Å². The third-order valence-electron chi connectivity index (χ3n) is 4.32. The highest BCUT2D eigenvalue weighted by atomic mass is 28.4. The Kier molecular flexibility index (Phi) is 7.46. The van der Waals surface area contributed by atoms with Crippen LogP contribution in [0.25, 0.3) is 0 Å². The van der Waals surface area contributed by atoms with Crippen LogP contribution in [0.4, 0.5) is 0 Å². The van der Waals surface area contributed by atoms with Gasteiger partial charge in [-0.25, -0.2) is 0 Å². The predicted molar refractivity (Wildman–Crippen MR) is 93.5 cm³/mol. The van der Waals surface area contributed by atoms with E-state index in [0.29, 0.717) is 19.6 Å². The Hall–Kier alpha value is -0.973. The number of carbonyl (C=O) groups excluding carboxylic acids is 1. The quantitative estimate of drug-likeness (QED) is 0.379. The predicted octanol–water partition coefficient (Wildman–Crippen LogP) is 4.57. The fraction of sp³-hybridized carbons (Fsp3) is 0.611. The summed E-state index contributed by atoms with van der Waals surface area (Å²) in [5.74, 6) is 0. The lowest BCUT2D eigenvalue weighted by Gasteiger charge is -2.39. The number of benzene rings is 1. The third-order valence-corrected chi connectivity index (χ3v) is 8.86. The molecule has 3 nitrogen and oxygen atoms in total. The monoisotopic (exact) mass is 322 g/mol. The van der Waals surface area contributed by atoms with Gasteiger partial charge in [-0.1, -0.05) is 51.1 Å². The average Bonchev–Trinajstić information content (AvgIpc) is 2.43. The first-order chi connectivity index (χ1) is 10.3. The number of rotatable bonds is 9. The van der Waals surface area contributed by atoms with Crippen LogP contribution in [0.2, 0.25) is 18.1 Å². The van der Waals surface area contributed by atoms with Crippen molar-refractivity contribution in [1.82, 2.24) is 0 Å². The molecule has 1 atom stereocenters. The van der Waals surface area contributed by atoms with E-state index in [9.17, 15) is 4.79 Å². The van der Waals surface area contributed by atoms with E-state index in [1.807, 2.05) is 18.2 Å². The minimum Gasteiger partial charge on any atom is -0.413 e. The van der Waals surface area contributed by atoms with Gasteiger partial charge >= 0.3 is 0 Å². The second-order valence-corrected chi connectivity index (χ2v) is 12.0. The van der Waals surface area contributed by atoms with Crippen molar-refractivity contribution in [3.05, 3.63) is 35.9 Å². The molecule has 1 aromatic carbocycles. The van der Waals surface area contributed by atoms with Crippen LogP contribution in [0.5, 0.6) is 0 Å². The second kappa shape index (κ2) is 8.60. The number of carbonyl (C=O) groups is 1. The van der Waals surface area contributed by atoms with Crippen molar-refractivity contribution in [3.8, 4) is 0 Å². The second-order valence-electron chi connectivity index (χ2n) is 7.23. The van der Waals surface area contributed by atoms with Crippen LogP contribution in [-0.4, -0.2) is 27.3 Å². The van der Waals surface area contributed by atoms with Crippen LogP contribution in [0.3, 0.4) is 0 Å². The van der Waals surface area contributed by atoms with E-state index < -0.39 is 8.32 Å². The van der Waals surface area contributed by atoms with Crippen LogP contribution >= 0.6 is 0 Å². The van der Waals surface area contributed by atoms with Crippen LogP contribution in [0, 0.1) is 0 Å². The molecule has 0 amide bonds. The molecule has 1 rings (SSSR count). The molecule has 0 bridgehead atoms. The summed E-state index contributed by atoms with van der Waals surface area (Å²) in [6, 6.07) is 10.1. The van der Waals surface area contributed by atoms with Gasteiger partial charge < -0.3 is 14.0 Å². The van der Waals surface area contributed by atoms with Gasteiger partial charge in [0.05, 0.1) is 12.7 Å². The van der Waals surface area contributed by atoms with E-state index in [4.69, 9.17) is 9.16 Å². The summed E-state index contributed by atoms with van der Waals surface area (Å²) in [6.45, 7) is 12.3. The number of hydrogen-bond acceptors (Lipinski definition) is 3. The minimum absolute atomic E-state index is 0.0332. The molecule has 0 aromatic heterocycles. The summed E-state index contributed by atoms with van der Waals surface area (Å²) < 4.78 is 12.0. The SMILES string of the molecule is CC(C)(C)[Si](C)(C)O[C@@H](CC=O)CCOCc1ccccc1. The lowest BCUT2D eigenvalue weighted by Crippen LogP contribution is -2.44. The lowest BCUT2D eigenvalue weighted by molar-refractivity contribution is -0.109. The zero-order chi connectivity index (χ0) is 16.6. The van der Waals surface area contributed by atoms with Crippen LogP contribution in [0.15, 0.2) is 30.3 Å². The standard InChI is InChI=1S/C18H30O3Si/c1-18(2,3)22(4,5)21-17(11-13-19)12-14-20-15-16-9-7-6-8-10-16/h6-10,13,17H,11-12,14-15H2,1-5H3/t17-/m0/s1. The number of ether oxygens (including phenoxy) is 1. The molecule has 0 N–H and O–H groups in total. The highest BCUT2D eigenvalue weighted by Crippen LogP contribution is 2.37. The fourth-order valence-electron chi connectivity index (χ4n) is 1.90. The smallest absolute Gasteiger partial charge is 0.192 e. The summed E-state index contributed by atoms with van der Waals surface area (Å²) in [4.78, 5) is 10.9. The number of aldehydes is 1. The first-order valence-corrected chi connectivity index (χ1v) is 10.9. The molecule has 1 aromatic rings. The van der Waals surface area contributed by atoms with E-state index in [0.717, 1.165) is 12.7 Å². The zero-order valence-corrected chi connectivity index (χ0v) is 15.6. The molecule has 0 aliphatic carbocycles. The molecule has 4 heteroatoms. The topological polar surface area (TPSA) is 35.5 Å². The van der Waals surface area contributed by atoms with E-state index in [-0.39, 0.29) is 11.1 Å². The molecule has 0 fully saturated rings. The molecule has 22 heavy (non-hydrogen) atoms. The molecule has 124 valence electrons. The molecule has 0 aliphatic rings. The molecule has 0 radical (unpaired) electrons. The molecule has 0 spiro atoms. The van der Waals surface area contributed by atoms with Gasteiger partial charge in [0.2, 0.25) is 0 Å². The summed E-state index contributed by atoms with van der Waals surface area (Å²) >= 11 is 0. The van der Waals surface area contributed by atoms with Crippen molar-refractivity contribution in [2.24, 2.45) is 0 Å². The van der Waals surface area contributed by atoms with Crippen molar-refractivity contribution in [2.45, 2.75) is 64.5 Å². The Labute approximate surface area is 136 Å². The van der Waals surface area contributed by atoms with Crippen molar-refractivity contribution < 1.29 is 14.0 Å². The molecule has 0 saturated heterocycles. The van der Waals surface area contributed by atoms with E-state index in [1.54, 1.807) is 0 Å². The van der Waals surface area contributed by atoms with Gasteiger partial charge in [0, 0.05) is 13.0 Å². The highest BCUT2D eigenvalue weighted by Gasteiger charge is 2.38. The summed E-state index contributed by atoms with van der Waals surface area (Å²) in [6.07, 6.45) is 2.13. The van der Waals surface area contributed by atoms with Crippen LogP contribution in [-0.2, 0) is 20.6 Å². The molecular formula is C18H30O3Si. The Morgan fingerprint density at radius 3 is 2.36 bits per heavy atom. The van der Waals surface area contributed by atoms with Crippen molar-refractivity contribution >= 4 is 14.6 Å².